The van der Waals surface area contributed by atoms with Crippen molar-refractivity contribution in [1.29, 1.82) is 0 Å². The van der Waals surface area contributed by atoms with Gasteiger partial charge in [-0.1, -0.05) is 0 Å². The number of hydrogen-bond donors (Lipinski definition) is 4. The van der Waals surface area contributed by atoms with Crippen molar-refractivity contribution in [2.45, 2.75) is 69.7 Å². The number of nitrogens with zero attached hydrogens (tertiary/aromatic N) is 3. The molecule has 3 aromatic carbocycles. The number of carbonyl (C=O) groups excluding carboxylic acids is 3. The Kier molecular flexibility index (Phi) is 13.4. The van der Waals surface area contributed by atoms with Gasteiger partial charge in [0.2, 0.25) is 0 Å². The zero-order chi connectivity index (χ0) is 46.4. The van der Waals surface area contributed by atoms with E-state index < -0.39 is 96.2 Å². The summed E-state index contributed by atoms with van der Waals surface area (Å²) in [6.07, 6.45) is 1.15. The quantitative estimate of drug-likeness (QED) is 0.0684. The summed E-state index contributed by atoms with van der Waals surface area (Å²) in [5, 5.41) is 14.1. The molecule has 5 atom stereocenters. The van der Waals surface area contributed by atoms with Gasteiger partial charge in [0.1, 0.15) is 6.17 Å². The Hall–Kier alpha value is -5.02. The number of halogens is 4. The molecule has 1 amide bonds. The van der Waals surface area contributed by atoms with Gasteiger partial charge in [-0.25, -0.2) is 9.37 Å². The fourth-order valence-electron chi connectivity index (χ4n) is 8.39. The predicted octanol–water partition coefficient (Wildman–Crippen LogP) is 4.82. The molecule has 0 radical (unpaired) electrons. The maximum atomic E-state index is 15.8. The fourth-order valence-corrected chi connectivity index (χ4v) is 13.7. The van der Waals surface area contributed by atoms with E-state index >= 15 is 8.78 Å². The summed E-state index contributed by atoms with van der Waals surface area (Å²) in [6.45, 7) is 7.78. The molecule has 18 heteroatoms. The molecule has 1 aliphatic carbocycles. The first-order valence-electron chi connectivity index (χ1n) is 21.0. The number of amides is 1. The predicted molar refractivity (Wildman–Crippen MR) is 238 cm³/mol. The van der Waals surface area contributed by atoms with Gasteiger partial charge in [-0.05, 0) is 19.4 Å². The van der Waals surface area contributed by atoms with Gasteiger partial charge in [0.05, 0.1) is 11.2 Å². The first-order valence-corrected chi connectivity index (χ1v) is 25.7. The monoisotopic (exact) mass is 1040 g/mol. The van der Waals surface area contributed by atoms with Crippen molar-refractivity contribution in [3.8, 4) is 21.6 Å². The van der Waals surface area contributed by atoms with Crippen LogP contribution in [-0.2, 0) is 26.3 Å². The van der Waals surface area contributed by atoms with Crippen LogP contribution >= 0.6 is 11.3 Å². The Morgan fingerprint density at radius 3 is 2.35 bits per heavy atom. The van der Waals surface area contributed by atoms with Gasteiger partial charge in [-0.2, -0.15) is 12.7 Å². The van der Waals surface area contributed by atoms with Crippen LogP contribution in [0.1, 0.15) is 67.2 Å². The summed E-state index contributed by atoms with van der Waals surface area (Å²) in [7, 11) is -4.38. The molecule has 4 N–H and O–H groups in total. The molecule has 0 bridgehead atoms. The number of benzene rings is 3. The van der Waals surface area contributed by atoms with E-state index in [0.717, 1.165) is 47.3 Å². The molecule has 6 aromatic rings. The number of aromatic amines is 1. The van der Waals surface area contributed by atoms with Crippen LogP contribution in [-0.4, -0.2) is 79.5 Å². The van der Waals surface area contributed by atoms with E-state index in [1.807, 2.05) is 86.5 Å². The number of nitrogens with one attached hydrogen (secondary N) is 3. The number of alkyl halides is 2. The van der Waals surface area contributed by atoms with E-state index in [9.17, 15) is 32.3 Å². The third-order valence-electron chi connectivity index (χ3n) is 11.9. The summed E-state index contributed by atoms with van der Waals surface area (Å²) in [5.74, 6) is -5.22. The number of H-pyrrole nitrogens is 1. The first kappa shape index (κ1) is 46.5. The second-order valence-electron chi connectivity index (χ2n) is 17.6. The van der Waals surface area contributed by atoms with Gasteiger partial charge in [-0.3, -0.25) is 4.72 Å². The summed E-state index contributed by atoms with van der Waals surface area (Å²) in [4.78, 5) is 54.6. The minimum atomic E-state index is -4.38. The summed E-state index contributed by atoms with van der Waals surface area (Å²) in [6, 6.07) is 18.9. The van der Waals surface area contributed by atoms with Crippen molar-refractivity contribution in [3.63, 3.8) is 0 Å². The second-order valence-corrected chi connectivity index (χ2v) is 23.2. The number of pyridine rings is 1. The second kappa shape index (κ2) is 18.7. The minimum absolute atomic E-state index is 0.0134. The van der Waals surface area contributed by atoms with Crippen molar-refractivity contribution < 1.29 is 62.3 Å². The number of aryl methyl sites for hydroxylation is 1. The molecule has 3 aromatic heterocycles. The van der Waals surface area contributed by atoms with Gasteiger partial charge >= 0.3 is 303 Å². The molecule has 2 fully saturated rings. The Labute approximate surface area is 388 Å². The van der Waals surface area contributed by atoms with Crippen LogP contribution in [0.15, 0.2) is 84.6 Å². The Bertz CT molecular complexity index is 2890. The fraction of sp³-hybridized carbons (Fsp3) is 0.340. The number of aliphatic hydroxyl groups excluding tert-OH is 1. The Morgan fingerprint density at radius 1 is 0.985 bits per heavy atom. The molecule has 2 unspecified atom stereocenters. The normalized spacial score (nSPS) is 19.8. The third kappa shape index (κ3) is 9.91. The molecule has 1 aliphatic heterocycles. The number of fused-ring (bicyclic) bond motifs is 1. The van der Waals surface area contributed by atoms with E-state index in [1.54, 1.807) is 23.6 Å². The first-order chi connectivity index (χ1) is 30.9. The number of thiazole rings is 1. The number of hydrogen-bond acceptors (Lipinski definition) is 9. The summed E-state index contributed by atoms with van der Waals surface area (Å²) in [5.41, 5.74) is 4.18. The van der Waals surface area contributed by atoms with Crippen LogP contribution in [0.25, 0.3) is 32.6 Å². The molecule has 12 nitrogen and oxygen atoms in total. The molecule has 2 aliphatic rings. The van der Waals surface area contributed by atoms with Crippen LogP contribution in [0.5, 0.6) is 0 Å². The van der Waals surface area contributed by atoms with E-state index in [1.165, 1.54) is 6.20 Å². The van der Waals surface area contributed by atoms with Crippen LogP contribution in [0.3, 0.4) is 0 Å². The zero-order valence-corrected chi connectivity index (χ0v) is 39.7. The molecule has 4 heterocycles. The number of ketones is 2. The van der Waals surface area contributed by atoms with Crippen LogP contribution in [0.4, 0.5) is 18.9 Å². The molecular formula is C47H47F3IN6O6S2-. The van der Waals surface area contributed by atoms with Crippen LogP contribution in [0.2, 0.25) is 0 Å². The SMILES string of the molecule is Cc1ncsc1-c1ccc(CNC(=O)C2C[C@@H](O)CC2C(=O)[C@@H]([I-]c2ccc(-c3cnc4[nH]cc(C(=O)c5c(F)ccc(NS(=O)(=O)N6CC[C@@H](F)C6)c5F)c4c3)cc2)C(C)(C)C)cc1. The van der Waals surface area contributed by atoms with Crippen molar-refractivity contribution in [2.24, 2.45) is 17.3 Å². The van der Waals surface area contributed by atoms with E-state index in [-0.39, 0.29) is 58.0 Å². The number of anilines is 1. The Morgan fingerprint density at radius 2 is 1.69 bits per heavy atom. The number of aromatic nitrogens is 3. The van der Waals surface area contributed by atoms with Gasteiger partial charge in [0.15, 0.2) is 0 Å². The van der Waals surface area contributed by atoms with Gasteiger partial charge in [0, 0.05) is 13.1 Å². The standard InChI is InChI=1S/C47H47F3IN6O6S2/c1-25-43(64-24-55-25)28-7-5-26(6-8-28)20-54-46(61)35-19-32(58)18-33(35)42(60)44(47(2,3)4)51-31-11-9-27(10-12-31)29-17-34-36(22-53-45(34)52-21-29)41(59)39-37(49)13-14-38(40(39)50)56-65(62,63)57-16-15-30(48)23-57/h5-14,17,21-22,24,30,32-33,35,44,56,58H,15-16,18-20,23H2,1-4H3,(H,52,53)(H,54,61)/q-1/t30-,32+,33?,35?,44-/m1/s1. The average Bonchev–Trinajstić information content (AvgIpc) is 4.10. The Balaban J connectivity index is 0.960. The average molecular weight is 1040 g/mol. The van der Waals surface area contributed by atoms with Crippen molar-refractivity contribution in [1.82, 2.24) is 24.6 Å². The van der Waals surface area contributed by atoms with Crippen molar-refractivity contribution in [2.75, 3.05) is 17.8 Å². The molecule has 1 saturated carbocycles. The summed E-state index contributed by atoms with van der Waals surface area (Å²) >= 11 is 0.631. The zero-order valence-electron chi connectivity index (χ0n) is 35.9. The van der Waals surface area contributed by atoms with Crippen LogP contribution in [0, 0.1) is 39.4 Å². The third-order valence-corrected chi connectivity index (χ3v) is 18.9. The molecule has 65 heavy (non-hydrogen) atoms. The number of carbonyl (C=O) groups is 3. The van der Waals surface area contributed by atoms with Crippen molar-refractivity contribution >= 4 is 55.7 Å². The number of Topliss-reactive ketones (excluding diaryl/α,β-unsaturated/α-hetero) is 1. The topological polar surface area (TPSA) is 174 Å². The van der Waals surface area contributed by atoms with E-state index in [2.05, 4.69) is 20.3 Å². The van der Waals surface area contributed by atoms with Gasteiger partial charge in [-0.15, -0.1) is 11.3 Å². The number of aliphatic hydroxyl groups is 1. The van der Waals surface area contributed by atoms with Gasteiger partial charge < -0.3 is 0 Å². The van der Waals surface area contributed by atoms with Crippen LogP contribution < -0.4 is 31.2 Å². The molecule has 342 valence electrons. The summed E-state index contributed by atoms with van der Waals surface area (Å²) < 4.78 is 73.9. The molecule has 8 rings (SSSR count). The van der Waals surface area contributed by atoms with Crippen molar-refractivity contribution in [3.05, 3.63) is 122 Å². The van der Waals surface area contributed by atoms with E-state index in [0.29, 0.717) is 12.1 Å². The number of rotatable bonds is 14. The molecule has 0 spiro atoms. The van der Waals surface area contributed by atoms with Gasteiger partial charge in [0.25, 0.3) is 0 Å². The molecular weight excluding hydrogens is 993 g/mol. The maximum absolute atomic E-state index is 15.8. The van der Waals surface area contributed by atoms with E-state index in [4.69, 9.17) is 0 Å². The molecule has 1 saturated heterocycles.